The molecule has 0 radical (unpaired) electrons. The predicted octanol–water partition coefficient (Wildman–Crippen LogP) is 1.40. The van der Waals surface area contributed by atoms with Crippen LogP contribution in [0.15, 0.2) is 18.2 Å². The largest absolute Gasteiger partial charge is 0.348 e. The third kappa shape index (κ3) is 4.23. The summed E-state index contributed by atoms with van der Waals surface area (Å²) in [6, 6.07) is 4.66. The second kappa shape index (κ2) is 7.73. The van der Waals surface area contributed by atoms with Crippen molar-refractivity contribution in [1.82, 2.24) is 15.2 Å². The summed E-state index contributed by atoms with van der Waals surface area (Å²) in [5.41, 5.74) is 0.396. The van der Waals surface area contributed by atoms with E-state index in [9.17, 15) is 18.0 Å². The number of carbonyl (C=O) groups is 2. The Bertz CT molecular complexity index is 787. The lowest BCUT2D eigenvalue weighted by molar-refractivity contribution is 0.0702. The summed E-state index contributed by atoms with van der Waals surface area (Å²) in [6.07, 6.45) is 4.64. The van der Waals surface area contributed by atoms with Gasteiger partial charge in [0, 0.05) is 18.6 Å². The molecule has 0 aromatic carbocycles. The smallest absolute Gasteiger partial charge is 0.272 e. The molecule has 8 heteroatoms. The molecular weight excluding hydrogens is 354 g/mol. The average molecular weight is 379 g/mol. The maximum absolute atomic E-state index is 12.8. The van der Waals surface area contributed by atoms with Crippen LogP contribution in [0.4, 0.5) is 0 Å². The lowest BCUT2D eigenvalue weighted by Gasteiger charge is -2.26. The van der Waals surface area contributed by atoms with Crippen molar-refractivity contribution < 1.29 is 18.0 Å². The highest BCUT2D eigenvalue weighted by atomic mass is 32.2. The van der Waals surface area contributed by atoms with E-state index < -0.39 is 9.84 Å². The summed E-state index contributed by atoms with van der Waals surface area (Å²) in [7, 11) is -3.08. The Kier molecular flexibility index (Phi) is 5.60. The Morgan fingerprint density at radius 1 is 1.19 bits per heavy atom. The van der Waals surface area contributed by atoms with Crippen molar-refractivity contribution in [2.75, 3.05) is 18.1 Å². The van der Waals surface area contributed by atoms with Gasteiger partial charge in [-0.25, -0.2) is 13.4 Å². The van der Waals surface area contributed by atoms with E-state index >= 15 is 0 Å². The molecule has 1 atom stereocenters. The number of hydrogen-bond donors (Lipinski definition) is 1. The first-order valence-corrected chi connectivity index (χ1v) is 11.0. The number of rotatable bonds is 5. The van der Waals surface area contributed by atoms with Crippen LogP contribution in [0.1, 0.15) is 60.0 Å². The van der Waals surface area contributed by atoms with Gasteiger partial charge in [0.25, 0.3) is 11.8 Å². The van der Waals surface area contributed by atoms with Crippen molar-refractivity contribution in [2.24, 2.45) is 0 Å². The Morgan fingerprint density at radius 3 is 2.50 bits per heavy atom. The van der Waals surface area contributed by atoms with E-state index in [0.717, 1.165) is 25.7 Å². The van der Waals surface area contributed by atoms with Gasteiger partial charge in [0.2, 0.25) is 0 Å². The summed E-state index contributed by atoms with van der Waals surface area (Å²) in [5, 5.41) is 2.96. The molecule has 1 aromatic rings. The number of sulfone groups is 1. The fourth-order valence-electron chi connectivity index (χ4n) is 3.75. The normalized spacial score (nSPS) is 22.3. The first-order chi connectivity index (χ1) is 12.4. The first-order valence-electron chi connectivity index (χ1n) is 9.19. The maximum atomic E-state index is 12.8. The maximum Gasteiger partial charge on any atom is 0.272 e. The third-order valence-corrected chi connectivity index (χ3v) is 6.89. The molecule has 2 amide bonds. The van der Waals surface area contributed by atoms with Crippen LogP contribution in [0.2, 0.25) is 0 Å². The quantitative estimate of drug-likeness (QED) is 0.834. The van der Waals surface area contributed by atoms with Crippen LogP contribution in [0.3, 0.4) is 0 Å². The van der Waals surface area contributed by atoms with E-state index in [1.165, 1.54) is 0 Å². The third-order valence-electron chi connectivity index (χ3n) is 5.14. The molecular formula is C18H25N3O4S. The van der Waals surface area contributed by atoms with E-state index in [1.54, 1.807) is 23.1 Å². The highest BCUT2D eigenvalue weighted by molar-refractivity contribution is 7.91. The second-order valence-electron chi connectivity index (χ2n) is 7.01. The molecule has 142 valence electrons. The average Bonchev–Trinajstić information content (AvgIpc) is 3.25. The molecule has 7 nitrogen and oxygen atoms in total. The van der Waals surface area contributed by atoms with Gasteiger partial charge in [-0.3, -0.25) is 9.59 Å². The summed E-state index contributed by atoms with van der Waals surface area (Å²) in [4.78, 5) is 31.0. The van der Waals surface area contributed by atoms with Crippen LogP contribution in [-0.2, 0) is 9.84 Å². The van der Waals surface area contributed by atoms with Gasteiger partial charge in [-0.05, 0) is 38.3 Å². The molecule has 3 rings (SSSR count). The minimum atomic E-state index is -3.08. The van der Waals surface area contributed by atoms with Crippen molar-refractivity contribution in [3.05, 3.63) is 29.6 Å². The topological polar surface area (TPSA) is 96.4 Å². The second-order valence-corrected chi connectivity index (χ2v) is 9.24. The van der Waals surface area contributed by atoms with Crippen LogP contribution in [-0.4, -0.2) is 60.3 Å². The van der Waals surface area contributed by atoms with Crippen molar-refractivity contribution >= 4 is 21.7 Å². The van der Waals surface area contributed by atoms with Gasteiger partial charge in [0.05, 0.1) is 11.5 Å². The minimum Gasteiger partial charge on any atom is -0.348 e. The van der Waals surface area contributed by atoms with Crippen LogP contribution < -0.4 is 5.32 Å². The zero-order chi connectivity index (χ0) is 18.7. The SMILES string of the molecule is CCN(C(=O)c1cccc(C(=O)NC2CCCC2)n1)C1CCS(=O)(=O)C1. The minimum absolute atomic E-state index is 0.00552. The molecule has 2 fully saturated rings. The van der Waals surface area contributed by atoms with Crippen LogP contribution in [0, 0.1) is 0 Å². The molecule has 0 spiro atoms. The Morgan fingerprint density at radius 2 is 1.88 bits per heavy atom. The number of carbonyl (C=O) groups excluding carboxylic acids is 2. The molecule has 2 aliphatic rings. The van der Waals surface area contributed by atoms with E-state index in [-0.39, 0.29) is 46.8 Å². The number of nitrogens with one attached hydrogen (secondary N) is 1. The Labute approximate surface area is 154 Å². The van der Waals surface area contributed by atoms with Crippen molar-refractivity contribution in [1.29, 1.82) is 0 Å². The van der Waals surface area contributed by atoms with Gasteiger partial charge in [-0.1, -0.05) is 18.9 Å². The number of amides is 2. The first kappa shape index (κ1) is 18.8. The van der Waals surface area contributed by atoms with Gasteiger partial charge in [-0.2, -0.15) is 0 Å². The molecule has 1 saturated carbocycles. The summed E-state index contributed by atoms with van der Waals surface area (Å²) >= 11 is 0. The molecule has 26 heavy (non-hydrogen) atoms. The lowest BCUT2D eigenvalue weighted by Crippen LogP contribution is -2.41. The fraction of sp³-hybridized carbons (Fsp3) is 0.611. The van der Waals surface area contributed by atoms with Crippen LogP contribution >= 0.6 is 0 Å². The highest BCUT2D eigenvalue weighted by Gasteiger charge is 2.34. The predicted molar refractivity (Wildman–Crippen MR) is 97.7 cm³/mol. The Balaban J connectivity index is 1.73. The van der Waals surface area contributed by atoms with E-state index in [0.29, 0.717) is 13.0 Å². The van der Waals surface area contributed by atoms with Crippen LogP contribution in [0.25, 0.3) is 0 Å². The van der Waals surface area contributed by atoms with E-state index in [4.69, 9.17) is 0 Å². The molecule has 1 saturated heterocycles. The number of nitrogens with zero attached hydrogens (tertiary/aromatic N) is 2. The Hall–Kier alpha value is -1.96. The monoisotopic (exact) mass is 379 g/mol. The highest BCUT2D eigenvalue weighted by Crippen LogP contribution is 2.20. The summed E-state index contributed by atoms with van der Waals surface area (Å²) in [6.45, 7) is 2.22. The standard InChI is InChI=1S/C18H25N3O4S/c1-2-21(14-10-11-26(24,25)12-14)18(23)16-9-5-8-15(20-16)17(22)19-13-6-3-4-7-13/h5,8-9,13-14H,2-4,6-7,10-12H2,1H3,(H,19,22). The fourth-order valence-corrected chi connectivity index (χ4v) is 5.48. The summed E-state index contributed by atoms with van der Waals surface area (Å²) in [5.74, 6) is -0.490. The van der Waals surface area contributed by atoms with Gasteiger partial charge in [-0.15, -0.1) is 0 Å². The molecule has 1 aliphatic carbocycles. The van der Waals surface area contributed by atoms with Crippen molar-refractivity contribution in [3.8, 4) is 0 Å². The molecule has 1 aromatic heterocycles. The van der Waals surface area contributed by atoms with Gasteiger partial charge >= 0.3 is 0 Å². The van der Waals surface area contributed by atoms with Crippen LogP contribution in [0.5, 0.6) is 0 Å². The van der Waals surface area contributed by atoms with Crippen molar-refractivity contribution in [2.45, 2.75) is 51.1 Å². The van der Waals surface area contributed by atoms with Gasteiger partial charge < -0.3 is 10.2 Å². The molecule has 1 aliphatic heterocycles. The molecule has 0 bridgehead atoms. The van der Waals surface area contributed by atoms with Crippen molar-refractivity contribution in [3.63, 3.8) is 0 Å². The van der Waals surface area contributed by atoms with E-state index in [2.05, 4.69) is 10.3 Å². The lowest BCUT2D eigenvalue weighted by atomic mass is 10.2. The number of aromatic nitrogens is 1. The van der Waals surface area contributed by atoms with Gasteiger partial charge in [0.1, 0.15) is 11.4 Å². The number of pyridine rings is 1. The number of hydrogen-bond acceptors (Lipinski definition) is 5. The zero-order valence-corrected chi connectivity index (χ0v) is 15.8. The molecule has 1 N–H and O–H groups in total. The van der Waals surface area contributed by atoms with E-state index in [1.807, 2.05) is 6.92 Å². The molecule has 1 unspecified atom stereocenters. The van der Waals surface area contributed by atoms with Gasteiger partial charge in [0.15, 0.2) is 9.84 Å². The summed E-state index contributed by atoms with van der Waals surface area (Å²) < 4.78 is 23.4. The molecule has 2 heterocycles. The zero-order valence-electron chi connectivity index (χ0n) is 15.0.